The van der Waals surface area contributed by atoms with E-state index in [1.807, 2.05) is 24.3 Å². The van der Waals surface area contributed by atoms with Gasteiger partial charge in [-0.25, -0.2) is 0 Å². The molecule has 0 spiro atoms. The van der Waals surface area contributed by atoms with E-state index in [4.69, 9.17) is 11.6 Å². The molecule has 4 heteroatoms. The van der Waals surface area contributed by atoms with Crippen LogP contribution in [0.3, 0.4) is 0 Å². The predicted octanol–water partition coefficient (Wildman–Crippen LogP) is 2.55. The summed E-state index contributed by atoms with van der Waals surface area (Å²) in [6.45, 7) is 4.00. The molecule has 0 atom stereocenters. The highest BCUT2D eigenvalue weighted by molar-refractivity contribution is 6.17. The van der Waals surface area contributed by atoms with Crippen molar-refractivity contribution in [3.8, 4) is 0 Å². The second-order valence-electron chi connectivity index (χ2n) is 4.83. The molecule has 2 N–H and O–H groups in total. The van der Waals surface area contributed by atoms with E-state index in [1.165, 1.54) is 0 Å². The fourth-order valence-electron chi connectivity index (χ4n) is 1.55. The second kappa shape index (κ2) is 6.76. The number of alkyl halides is 1. The number of carbonyl (C=O) groups excluding carboxylic acids is 1. The van der Waals surface area contributed by atoms with Gasteiger partial charge in [-0.2, -0.15) is 0 Å². The van der Waals surface area contributed by atoms with Gasteiger partial charge in [-0.1, -0.05) is 24.3 Å². The summed E-state index contributed by atoms with van der Waals surface area (Å²) in [7, 11) is 0. The lowest BCUT2D eigenvalue weighted by molar-refractivity contribution is -0.121. The van der Waals surface area contributed by atoms with Gasteiger partial charge in [0, 0.05) is 18.8 Å². The first-order valence-corrected chi connectivity index (χ1v) is 6.61. The van der Waals surface area contributed by atoms with Gasteiger partial charge in [-0.05, 0) is 31.4 Å². The molecule has 3 nitrogen and oxygen atoms in total. The van der Waals surface area contributed by atoms with E-state index in [9.17, 15) is 9.90 Å². The molecule has 0 saturated carbocycles. The largest absolute Gasteiger partial charge is 0.386 e. The van der Waals surface area contributed by atoms with E-state index in [0.717, 1.165) is 11.1 Å². The van der Waals surface area contributed by atoms with Crippen molar-refractivity contribution >= 4 is 17.5 Å². The van der Waals surface area contributed by atoms with E-state index >= 15 is 0 Å². The van der Waals surface area contributed by atoms with Crippen molar-refractivity contribution < 1.29 is 9.90 Å². The zero-order chi connectivity index (χ0) is 13.6. The van der Waals surface area contributed by atoms with Crippen LogP contribution in [0.1, 0.15) is 37.8 Å². The Kier molecular flexibility index (Phi) is 5.63. The lowest BCUT2D eigenvalue weighted by Gasteiger charge is -2.17. The van der Waals surface area contributed by atoms with Gasteiger partial charge >= 0.3 is 0 Å². The van der Waals surface area contributed by atoms with E-state index in [2.05, 4.69) is 5.32 Å². The third-order valence-corrected chi connectivity index (χ3v) is 2.95. The van der Waals surface area contributed by atoms with Gasteiger partial charge in [0.2, 0.25) is 5.91 Å². The van der Waals surface area contributed by atoms with Crippen LogP contribution < -0.4 is 5.32 Å². The predicted molar refractivity (Wildman–Crippen MR) is 73.5 cm³/mol. The van der Waals surface area contributed by atoms with Gasteiger partial charge in [-0.3, -0.25) is 4.79 Å². The first-order chi connectivity index (χ1) is 8.43. The number of nitrogens with one attached hydrogen (secondary N) is 1. The van der Waals surface area contributed by atoms with Crippen molar-refractivity contribution in [1.29, 1.82) is 0 Å². The number of rotatable bonds is 6. The van der Waals surface area contributed by atoms with Crippen molar-refractivity contribution in [2.24, 2.45) is 0 Å². The molecule has 0 heterocycles. The maximum atomic E-state index is 11.4. The molecule has 1 rings (SSSR count). The summed E-state index contributed by atoms with van der Waals surface area (Å²) in [5, 5.41) is 12.6. The summed E-state index contributed by atoms with van der Waals surface area (Å²) in [5.74, 6) is 0.524. The van der Waals surface area contributed by atoms with Crippen LogP contribution in [-0.2, 0) is 16.9 Å². The van der Waals surface area contributed by atoms with Gasteiger partial charge in [0.05, 0.1) is 5.60 Å². The average molecular weight is 270 g/mol. The van der Waals surface area contributed by atoms with Gasteiger partial charge in [0.15, 0.2) is 0 Å². The molecule has 0 fully saturated rings. The molecule has 1 amide bonds. The molecule has 18 heavy (non-hydrogen) atoms. The Bertz CT molecular complexity index is 382. The summed E-state index contributed by atoms with van der Waals surface area (Å²) in [6, 6.07) is 7.57. The van der Waals surface area contributed by atoms with Gasteiger partial charge < -0.3 is 10.4 Å². The maximum absolute atomic E-state index is 11.4. The standard InChI is InChI=1S/C14H20ClNO2/c1-14(2,18)12-7-5-11(6-8-12)10-16-13(17)4-3-9-15/h5-8,18H,3-4,9-10H2,1-2H3,(H,16,17). The summed E-state index contributed by atoms with van der Waals surface area (Å²) < 4.78 is 0. The number of carbonyl (C=O) groups is 1. The first-order valence-electron chi connectivity index (χ1n) is 6.08. The van der Waals surface area contributed by atoms with Gasteiger partial charge in [-0.15, -0.1) is 11.6 Å². The van der Waals surface area contributed by atoms with Crippen molar-refractivity contribution in [3.05, 3.63) is 35.4 Å². The Morgan fingerprint density at radius 3 is 2.44 bits per heavy atom. The molecule has 0 aliphatic rings. The number of hydrogen-bond donors (Lipinski definition) is 2. The van der Waals surface area contributed by atoms with Crippen molar-refractivity contribution in [1.82, 2.24) is 5.32 Å². The second-order valence-corrected chi connectivity index (χ2v) is 5.20. The molecule has 0 unspecified atom stereocenters. The number of halogens is 1. The summed E-state index contributed by atoms with van der Waals surface area (Å²) >= 11 is 5.52. The van der Waals surface area contributed by atoms with E-state index in [-0.39, 0.29) is 5.91 Å². The third kappa shape index (κ3) is 5.07. The number of hydrogen-bond acceptors (Lipinski definition) is 2. The smallest absolute Gasteiger partial charge is 0.220 e. The third-order valence-electron chi connectivity index (χ3n) is 2.69. The zero-order valence-corrected chi connectivity index (χ0v) is 11.6. The molecular formula is C14H20ClNO2. The lowest BCUT2D eigenvalue weighted by Crippen LogP contribution is -2.22. The Balaban J connectivity index is 2.47. The molecule has 0 radical (unpaired) electrons. The Morgan fingerprint density at radius 1 is 1.33 bits per heavy atom. The minimum absolute atomic E-state index is 0.0159. The van der Waals surface area contributed by atoms with Crippen LogP contribution in [-0.4, -0.2) is 16.9 Å². The van der Waals surface area contributed by atoms with Gasteiger partial charge in [0.25, 0.3) is 0 Å². The average Bonchev–Trinajstić information content (AvgIpc) is 2.33. The monoisotopic (exact) mass is 269 g/mol. The highest BCUT2D eigenvalue weighted by Crippen LogP contribution is 2.19. The van der Waals surface area contributed by atoms with E-state index in [1.54, 1.807) is 13.8 Å². The Hall–Kier alpha value is -1.06. The molecule has 0 aromatic heterocycles. The normalized spacial score (nSPS) is 11.3. The first kappa shape index (κ1) is 15.0. The van der Waals surface area contributed by atoms with Crippen LogP contribution in [0.2, 0.25) is 0 Å². The molecule has 1 aromatic rings. The summed E-state index contributed by atoms with van der Waals surface area (Å²) in [6.07, 6.45) is 1.16. The van der Waals surface area contributed by atoms with Crippen LogP contribution in [0.5, 0.6) is 0 Å². The number of aliphatic hydroxyl groups is 1. The molecule has 100 valence electrons. The van der Waals surface area contributed by atoms with Crippen LogP contribution in [0.4, 0.5) is 0 Å². The van der Waals surface area contributed by atoms with Crippen LogP contribution in [0.25, 0.3) is 0 Å². The number of benzene rings is 1. The Labute approximate surface area is 113 Å². The lowest BCUT2D eigenvalue weighted by atomic mass is 9.97. The highest BCUT2D eigenvalue weighted by Gasteiger charge is 2.14. The number of amides is 1. The summed E-state index contributed by atoms with van der Waals surface area (Å²) in [5.41, 5.74) is 1.05. The Morgan fingerprint density at radius 2 is 1.94 bits per heavy atom. The van der Waals surface area contributed by atoms with E-state index < -0.39 is 5.60 Å². The fourth-order valence-corrected chi connectivity index (χ4v) is 1.68. The zero-order valence-electron chi connectivity index (χ0n) is 10.9. The minimum atomic E-state index is -0.831. The molecular weight excluding hydrogens is 250 g/mol. The molecule has 0 bridgehead atoms. The van der Waals surface area contributed by atoms with E-state index in [0.29, 0.717) is 25.3 Å². The SMILES string of the molecule is CC(C)(O)c1ccc(CNC(=O)CCCCl)cc1. The van der Waals surface area contributed by atoms with Crippen LogP contribution in [0, 0.1) is 0 Å². The van der Waals surface area contributed by atoms with Gasteiger partial charge in [0.1, 0.15) is 0 Å². The van der Waals surface area contributed by atoms with Crippen molar-refractivity contribution in [2.75, 3.05) is 5.88 Å². The fraction of sp³-hybridized carbons (Fsp3) is 0.500. The maximum Gasteiger partial charge on any atom is 0.220 e. The van der Waals surface area contributed by atoms with Crippen LogP contribution >= 0.6 is 11.6 Å². The highest BCUT2D eigenvalue weighted by atomic mass is 35.5. The van der Waals surface area contributed by atoms with Crippen molar-refractivity contribution in [3.63, 3.8) is 0 Å². The molecule has 0 aliphatic heterocycles. The van der Waals surface area contributed by atoms with Crippen LogP contribution in [0.15, 0.2) is 24.3 Å². The minimum Gasteiger partial charge on any atom is -0.386 e. The molecule has 0 aliphatic carbocycles. The molecule has 1 aromatic carbocycles. The molecule has 0 saturated heterocycles. The summed E-state index contributed by atoms with van der Waals surface area (Å²) in [4.78, 5) is 11.4. The van der Waals surface area contributed by atoms with Crippen molar-refractivity contribution in [2.45, 2.75) is 38.8 Å². The topological polar surface area (TPSA) is 49.3 Å². The quantitative estimate of drug-likeness (QED) is 0.780.